The number of halogens is 1. The Morgan fingerprint density at radius 1 is 1.16 bits per heavy atom. The Bertz CT molecular complexity index is 912. The van der Waals surface area contributed by atoms with Crippen molar-refractivity contribution < 1.29 is 13.2 Å². The van der Waals surface area contributed by atoms with Crippen LogP contribution in [0, 0.1) is 6.92 Å². The number of anilines is 2. The van der Waals surface area contributed by atoms with Crippen LogP contribution in [0.1, 0.15) is 28.8 Å². The number of hydrogen-bond donors (Lipinski definition) is 1. The Kier molecular flexibility index (Phi) is 5.01. The Morgan fingerprint density at radius 3 is 2.64 bits per heavy atom. The number of nitrogens with one attached hydrogen (secondary N) is 1. The van der Waals surface area contributed by atoms with E-state index in [4.69, 9.17) is 11.6 Å². The normalized spacial score (nSPS) is 16.5. The highest BCUT2D eigenvalue weighted by molar-refractivity contribution is 7.92. The first-order valence-electron chi connectivity index (χ1n) is 8.05. The molecule has 0 radical (unpaired) electrons. The van der Waals surface area contributed by atoms with Crippen molar-refractivity contribution in [3.05, 3.63) is 58.6 Å². The van der Waals surface area contributed by atoms with E-state index in [2.05, 4.69) is 5.32 Å². The van der Waals surface area contributed by atoms with Gasteiger partial charge in [0.05, 0.1) is 16.5 Å². The summed E-state index contributed by atoms with van der Waals surface area (Å²) in [5, 5.41) is 3.08. The third-order valence-corrected chi connectivity index (χ3v) is 6.26. The van der Waals surface area contributed by atoms with Crippen LogP contribution < -0.4 is 9.62 Å². The van der Waals surface area contributed by atoms with Gasteiger partial charge in [0, 0.05) is 17.8 Å². The maximum absolute atomic E-state index is 12.3. The summed E-state index contributed by atoms with van der Waals surface area (Å²) in [6.07, 6.45) is 1.47. The zero-order valence-electron chi connectivity index (χ0n) is 13.8. The molecule has 1 aliphatic rings. The van der Waals surface area contributed by atoms with E-state index in [1.807, 2.05) is 19.1 Å². The second-order valence-corrected chi connectivity index (χ2v) is 8.51. The van der Waals surface area contributed by atoms with E-state index in [1.165, 1.54) is 4.31 Å². The number of amides is 1. The molecule has 2 aromatic rings. The average molecular weight is 379 g/mol. The highest BCUT2D eigenvalue weighted by Gasteiger charge is 2.27. The third-order valence-electron chi connectivity index (χ3n) is 4.10. The minimum Gasteiger partial charge on any atom is -0.322 e. The fourth-order valence-electron chi connectivity index (χ4n) is 2.84. The van der Waals surface area contributed by atoms with Gasteiger partial charge in [0.2, 0.25) is 10.0 Å². The number of rotatable bonds is 3. The quantitative estimate of drug-likeness (QED) is 0.882. The van der Waals surface area contributed by atoms with Gasteiger partial charge >= 0.3 is 0 Å². The maximum Gasteiger partial charge on any atom is 0.255 e. The molecular formula is C18H19ClN2O3S. The van der Waals surface area contributed by atoms with Gasteiger partial charge in [-0.2, -0.15) is 0 Å². The molecule has 0 spiro atoms. The van der Waals surface area contributed by atoms with Crippen LogP contribution in [0.4, 0.5) is 11.4 Å². The molecule has 0 unspecified atom stereocenters. The van der Waals surface area contributed by atoms with Gasteiger partial charge in [0.25, 0.3) is 5.91 Å². The van der Waals surface area contributed by atoms with Gasteiger partial charge in [-0.3, -0.25) is 9.10 Å². The SMILES string of the molecule is Cc1cccc(C(=O)Nc2ccc(N3CCCCS3(=O)=O)c(Cl)c2)c1. The Labute approximate surface area is 152 Å². The molecular weight excluding hydrogens is 360 g/mol. The molecule has 132 valence electrons. The summed E-state index contributed by atoms with van der Waals surface area (Å²) in [5.74, 6) is -0.104. The molecule has 1 heterocycles. The van der Waals surface area contributed by atoms with Crippen molar-refractivity contribution in [1.29, 1.82) is 0 Å². The molecule has 1 N–H and O–H groups in total. The Balaban J connectivity index is 1.81. The number of aryl methyl sites for hydroxylation is 1. The molecule has 1 fully saturated rings. The Morgan fingerprint density at radius 2 is 1.96 bits per heavy atom. The number of carbonyl (C=O) groups excluding carboxylic acids is 1. The Hall–Kier alpha value is -2.05. The summed E-state index contributed by atoms with van der Waals surface area (Å²) in [4.78, 5) is 12.3. The van der Waals surface area contributed by atoms with E-state index >= 15 is 0 Å². The second-order valence-electron chi connectivity index (χ2n) is 6.09. The fraction of sp³-hybridized carbons (Fsp3) is 0.278. The molecule has 0 atom stereocenters. The van der Waals surface area contributed by atoms with Gasteiger partial charge in [0.15, 0.2) is 0 Å². The molecule has 7 heteroatoms. The van der Waals surface area contributed by atoms with Crippen molar-refractivity contribution in [2.45, 2.75) is 19.8 Å². The number of hydrogen-bond acceptors (Lipinski definition) is 3. The van der Waals surface area contributed by atoms with Gasteiger partial charge in [-0.1, -0.05) is 29.3 Å². The van der Waals surface area contributed by atoms with E-state index in [0.717, 1.165) is 12.0 Å². The minimum atomic E-state index is -3.32. The number of benzene rings is 2. The molecule has 0 aliphatic carbocycles. The van der Waals surface area contributed by atoms with Crippen molar-refractivity contribution in [2.24, 2.45) is 0 Å². The van der Waals surface area contributed by atoms with Gasteiger partial charge in [-0.15, -0.1) is 0 Å². The molecule has 1 amide bonds. The van der Waals surface area contributed by atoms with Crippen molar-refractivity contribution >= 4 is 38.9 Å². The van der Waals surface area contributed by atoms with E-state index in [-0.39, 0.29) is 11.7 Å². The molecule has 2 aromatic carbocycles. The summed E-state index contributed by atoms with van der Waals surface area (Å²) < 4.78 is 25.8. The van der Waals surface area contributed by atoms with Gasteiger partial charge < -0.3 is 5.32 Å². The zero-order valence-corrected chi connectivity index (χ0v) is 15.4. The summed E-state index contributed by atoms with van der Waals surface area (Å²) >= 11 is 6.29. The molecule has 3 rings (SSSR count). The summed E-state index contributed by atoms with van der Waals surface area (Å²) in [5.41, 5.74) is 2.53. The molecule has 0 saturated carbocycles. The van der Waals surface area contributed by atoms with Crippen molar-refractivity contribution in [3.63, 3.8) is 0 Å². The monoisotopic (exact) mass is 378 g/mol. The first-order valence-corrected chi connectivity index (χ1v) is 10.0. The van der Waals surface area contributed by atoms with Crippen molar-refractivity contribution in [1.82, 2.24) is 0 Å². The zero-order chi connectivity index (χ0) is 18.0. The largest absolute Gasteiger partial charge is 0.322 e. The van der Waals surface area contributed by atoms with E-state index < -0.39 is 10.0 Å². The van der Waals surface area contributed by atoms with E-state index in [1.54, 1.807) is 30.3 Å². The maximum atomic E-state index is 12.3. The predicted molar refractivity (Wildman–Crippen MR) is 101 cm³/mol. The van der Waals surface area contributed by atoms with Crippen LogP contribution in [0.5, 0.6) is 0 Å². The van der Waals surface area contributed by atoms with Gasteiger partial charge in [-0.25, -0.2) is 8.42 Å². The fourth-order valence-corrected chi connectivity index (χ4v) is 4.82. The number of carbonyl (C=O) groups is 1. The highest BCUT2D eigenvalue weighted by Crippen LogP contribution is 2.32. The topological polar surface area (TPSA) is 66.5 Å². The van der Waals surface area contributed by atoms with Crippen LogP contribution >= 0.6 is 11.6 Å². The molecule has 0 bridgehead atoms. The molecule has 5 nitrogen and oxygen atoms in total. The lowest BCUT2D eigenvalue weighted by molar-refractivity contribution is 0.102. The standard InChI is InChI=1S/C18H19ClN2O3S/c1-13-5-4-6-14(11-13)18(22)20-15-7-8-17(16(19)12-15)21-9-2-3-10-25(21,23)24/h4-8,11-12H,2-3,9-10H2,1H3,(H,20,22). The first-order chi connectivity index (χ1) is 11.9. The number of nitrogens with zero attached hydrogens (tertiary/aromatic N) is 1. The summed E-state index contributed by atoms with van der Waals surface area (Å²) in [6, 6.07) is 12.2. The van der Waals surface area contributed by atoms with Crippen molar-refractivity contribution in [3.8, 4) is 0 Å². The third kappa shape index (κ3) is 3.96. The van der Waals surface area contributed by atoms with Crippen LogP contribution in [0.3, 0.4) is 0 Å². The van der Waals surface area contributed by atoms with E-state index in [0.29, 0.717) is 34.9 Å². The molecule has 1 saturated heterocycles. The minimum absolute atomic E-state index is 0.134. The predicted octanol–water partition coefficient (Wildman–Crippen LogP) is 3.83. The van der Waals surface area contributed by atoms with Crippen LogP contribution in [0.15, 0.2) is 42.5 Å². The number of sulfonamides is 1. The molecule has 1 aliphatic heterocycles. The second kappa shape index (κ2) is 7.06. The summed E-state index contributed by atoms with van der Waals surface area (Å²) in [6.45, 7) is 2.35. The average Bonchev–Trinajstić information content (AvgIpc) is 2.55. The summed E-state index contributed by atoms with van der Waals surface area (Å²) in [7, 11) is -3.32. The smallest absolute Gasteiger partial charge is 0.255 e. The van der Waals surface area contributed by atoms with E-state index in [9.17, 15) is 13.2 Å². The van der Waals surface area contributed by atoms with Crippen molar-refractivity contribution in [2.75, 3.05) is 21.9 Å². The first kappa shape index (κ1) is 17.8. The van der Waals surface area contributed by atoms with Crippen LogP contribution in [0.2, 0.25) is 5.02 Å². The molecule has 25 heavy (non-hydrogen) atoms. The lowest BCUT2D eigenvalue weighted by Crippen LogP contribution is -2.38. The van der Waals surface area contributed by atoms with Crippen LogP contribution in [0.25, 0.3) is 0 Å². The van der Waals surface area contributed by atoms with Crippen LogP contribution in [-0.2, 0) is 10.0 Å². The highest BCUT2D eigenvalue weighted by atomic mass is 35.5. The van der Waals surface area contributed by atoms with Gasteiger partial charge in [0.1, 0.15) is 0 Å². The molecule has 0 aromatic heterocycles. The lowest BCUT2D eigenvalue weighted by atomic mass is 10.1. The lowest BCUT2D eigenvalue weighted by Gasteiger charge is -2.29. The van der Waals surface area contributed by atoms with Gasteiger partial charge in [-0.05, 0) is 50.1 Å². The van der Waals surface area contributed by atoms with Crippen LogP contribution in [-0.4, -0.2) is 26.6 Å².